The largest absolute Gasteiger partial charge is 0.416 e. The number of rotatable bonds is 2. The van der Waals surface area contributed by atoms with Gasteiger partial charge < -0.3 is 15.5 Å². The Morgan fingerprint density at radius 1 is 1.00 bits per heavy atom. The minimum Gasteiger partial charge on any atom is -0.368 e. The van der Waals surface area contributed by atoms with Crippen LogP contribution in [0.5, 0.6) is 0 Å². The predicted molar refractivity (Wildman–Crippen MR) is 80.1 cm³/mol. The number of piperazine rings is 1. The van der Waals surface area contributed by atoms with E-state index in [1.54, 1.807) is 6.07 Å². The SMILES string of the molecule is Nc1ncnc(N2CCN(c3cccc(C(F)(F)F)c3)CC2)n1. The third kappa shape index (κ3) is 3.43. The summed E-state index contributed by atoms with van der Waals surface area (Å²) >= 11 is 0. The maximum Gasteiger partial charge on any atom is 0.416 e. The van der Waals surface area contributed by atoms with E-state index >= 15 is 0 Å². The lowest BCUT2D eigenvalue weighted by Gasteiger charge is -2.36. The molecule has 1 aliphatic rings. The van der Waals surface area contributed by atoms with Gasteiger partial charge in [0.1, 0.15) is 6.33 Å². The van der Waals surface area contributed by atoms with Crippen LogP contribution in [0.4, 0.5) is 30.8 Å². The lowest BCUT2D eigenvalue weighted by Crippen LogP contribution is -2.47. The molecular weight excluding hydrogens is 309 g/mol. The van der Waals surface area contributed by atoms with Gasteiger partial charge in [0, 0.05) is 31.9 Å². The van der Waals surface area contributed by atoms with Crippen LogP contribution in [0.25, 0.3) is 0 Å². The lowest BCUT2D eigenvalue weighted by molar-refractivity contribution is -0.137. The van der Waals surface area contributed by atoms with Gasteiger partial charge in [0.15, 0.2) is 0 Å². The Hall–Kier alpha value is -2.58. The molecule has 1 fully saturated rings. The van der Waals surface area contributed by atoms with Crippen LogP contribution < -0.4 is 15.5 Å². The van der Waals surface area contributed by atoms with Crippen molar-refractivity contribution in [1.29, 1.82) is 0 Å². The summed E-state index contributed by atoms with van der Waals surface area (Å²) in [6.07, 6.45) is -2.99. The molecule has 0 saturated carbocycles. The van der Waals surface area contributed by atoms with Gasteiger partial charge in [-0.15, -0.1) is 0 Å². The molecule has 122 valence electrons. The number of nitrogens with two attached hydrogens (primary N) is 1. The predicted octanol–water partition coefficient (Wildman–Crippen LogP) is 1.80. The van der Waals surface area contributed by atoms with Gasteiger partial charge in [-0.25, -0.2) is 9.97 Å². The first-order valence-electron chi connectivity index (χ1n) is 7.05. The molecule has 0 atom stereocenters. The Balaban J connectivity index is 1.70. The highest BCUT2D eigenvalue weighted by atomic mass is 19.4. The molecule has 1 aromatic carbocycles. The molecule has 0 unspecified atom stereocenters. The Labute approximate surface area is 130 Å². The van der Waals surface area contributed by atoms with Gasteiger partial charge >= 0.3 is 6.18 Å². The average Bonchev–Trinajstić information content (AvgIpc) is 2.54. The van der Waals surface area contributed by atoms with Crippen molar-refractivity contribution in [3.63, 3.8) is 0 Å². The molecule has 6 nitrogen and oxygen atoms in total. The highest BCUT2D eigenvalue weighted by molar-refractivity contribution is 5.51. The second-order valence-electron chi connectivity index (χ2n) is 5.17. The van der Waals surface area contributed by atoms with Gasteiger partial charge in [-0.3, -0.25) is 0 Å². The highest BCUT2D eigenvalue weighted by Gasteiger charge is 2.31. The van der Waals surface area contributed by atoms with Crippen LogP contribution in [-0.2, 0) is 6.18 Å². The van der Waals surface area contributed by atoms with Crippen LogP contribution in [0.3, 0.4) is 0 Å². The standard InChI is InChI=1S/C14H15F3N6/c15-14(16,17)10-2-1-3-11(8-10)22-4-6-23(7-5-22)13-20-9-19-12(18)21-13/h1-3,8-9H,4-7H2,(H2,18,19,20,21). The molecule has 23 heavy (non-hydrogen) atoms. The molecule has 2 aromatic rings. The molecular formula is C14H15F3N6. The highest BCUT2D eigenvalue weighted by Crippen LogP contribution is 2.32. The molecule has 1 saturated heterocycles. The smallest absolute Gasteiger partial charge is 0.368 e. The Kier molecular flexibility index (Phi) is 3.93. The molecule has 3 rings (SSSR count). The molecule has 0 bridgehead atoms. The van der Waals surface area contributed by atoms with E-state index in [1.165, 1.54) is 18.5 Å². The fourth-order valence-electron chi connectivity index (χ4n) is 2.50. The average molecular weight is 324 g/mol. The number of benzene rings is 1. The Morgan fingerprint density at radius 2 is 1.70 bits per heavy atom. The fraction of sp³-hybridized carbons (Fsp3) is 0.357. The third-order valence-electron chi connectivity index (χ3n) is 3.68. The van der Waals surface area contributed by atoms with E-state index in [0.717, 1.165) is 6.07 Å². The van der Waals surface area contributed by atoms with Crippen LogP contribution in [-0.4, -0.2) is 41.1 Å². The monoisotopic (exact) mass is 324 g/mol. The molecule has 2 N–H and O–H groups in total. The third-order valence-corrected chi connectivity index (χ3v) is 3.68. The molecule has 2 heterocycles. The van der Waals surface area contributed by atoms with Crippen molar-refractivity contribution < 1.29 is 13.2 Å². The summed E-state index contributed by atoms with van der Waals surface area (Å²) in [5.41, 5.74) is 5.46. The van der Waals surface area contributed by atoms with Gasteiger partial charge in [0.2, 0.25) is 11.9 Å². The molecule has 0 aliphatic carbocycles. The number of aromatic nitrogens is 3. The summed E-state index contributed by atoms with van der Waals surface area (Å²) in [6, 6.07) is 5.37. The van der Waals surface area contributed by atoms with Crippen molar-refractivity contribution in [2.24, 2.45) is 0 Å². The zero-order chi connectivity index (χ0) is 16.4. The number of alkyl halides is 3. The second-order valence-corrected chi connectivity index (χ2v) is 5.17. The van der Waals surface area contributed by atoms with Gasteiger partial charge in [-0.05, 0) is 18.2 Å². The summed E-state index contributed by atoms with van der Waals surface area (Å²) in [6.45, 7) is 2.35. The van der Waals surface area contributed by atoms with Crippen molar-refractivity contribution >= 4 is 17.6 Å². The molecule has 1 aromatic heterocycles. The number of nitrogen functional groups attached to an aromatic ring is 1. The summed E-state index contributed by atoms with van der Waals surface area (Å²) in [7, 11) is 0. The Morgan fingerprint density at radius 3 is 2.35 bits per heavy atom. The molecule has 9 heteroatoms. The number of nitrogens with zero attached hydrogens (tertiary/aromatic N) is 5. The topological polar surface area (TPSA) is 71.2 Å². The van der Waals surface area contributed by atoms with E-state index in [9.17, 15) is 13.2 Å². The maximum absolute atomic E-state index is 12.8. The normalized spacial score (nSPS) is 15.8. The second kappa shape index (κ2) is 5.90. The van der Waals surface area contributed by atoms with E-state index in [2.05, 4.69) is 15.0 Å². The summed E-state index contributed by atoms with van der Waals surface area (Å²) in [5, 5.41) is 0. The van der Waals surface area contributed by atoms with E-state index < -0.39 is 11.7 Å². The Bertz CT molecular complexity index is 682. The molecule has 0 spiro atoms. The minimum absolute atomic E-state index is 0.148. The van der Waals surface area contributed by atoms with Crippen molar-refractivity contribution in [1.82, 2.24) is 15.0 Å². The molecule has 0 radical (unpaired) electrons. The van der Waals surface area contributed by atoms with Crippen LogP contribution >= 0.6 is 0 Å². The van der Waals surface area contributed by atoms with Crippen molar-refractivity contribution in [2.75, 3.05) is 41.7 Å². The van der Waals surface area contributed by atoms with Gasteiger partial charge in [-0.1, -0.05) is 6.07 Å². The van der Waals surface area contributed by atoms with Gasteiger partial charge in [0.05, 0.1) is 5.56 Å². The number of anilines is 3. The van der Waals surface area contributed by atoms with Crippen LogP contribution in [0, 0.1) is 0 Å². The molecule has 1 aliphatic heterocycles. The van der Waals surface area contributed by atoms with E-state index in [4.69, 9.17) is 5.73 Å². The van der Waals surface area contributed by atoms with Crippen molar-refractivity contribution in [2.45, 2.75) is 6.18 Å². The van der Waals surface area contributed by atoms with Crippen LogP contribution in [0.15, 0.2) is 30.6 Å². The number of hydrogen-bond acceptors (Lipinski definition) is 6. The van der Waals surface area contributed by atoms with Crippen molar-refractivity contribution in [3.8, 4) is 0 Å². The zero-order valence-electron chi connectivity index (χ0n) is 12.2. The van der Waals surface area contributed by atoms with E-state index in [-0.39, 0.29) is 5.95 Å². The first-order valence-corrected chi connectivity index (χ1v) is 7.05. The first kappa shape index (κ1) is 15.3. The van der Waals surface area contributed by atoms with E-state index in [0.29, 0.717) is 37.8 Å². The van der Waals surface area contributed by atoms with Crippen LogP contribution in [0.1, 0.15) is 5.56 Å². The maximum atomic E-state index is 12.8. The zero-order valence-corrected chi connectivity index (χ0v) is 12.2. The van der Waals surface area contributed by atoms with E-state index in [1.807, 2.05) is 9.80 Å². The quantitative estimate of drug-likeness (QED) is 0.908. The first-order chi connectivity index (χ1) is 10.9. The molecule has 0 amide bonds. The summed E-state index contributed by atoms with van der Waals surface area (Å²) < 4.78 is 38.4. The van der Waals surface area contributed by atoms with Crippen LogP contribution in [0.2, 0.25) is 0 Å². The number of hydrogen-bond donors (Lipinski definition) is 1. The minimum atomic E-state index is -4.33. The lowest BCUT2D eigenvalue weighted by atomic mass is 10.1. The van der Waals surface area contributed by atoms with Crippen molar-refractivity contribution in [3.05, 3.63) is 36.2 Å². The fourth-order valence-corrected chi connectivity index (χ4v) is 2.50. The number of halogens is 3. The van der Waals surface area contributed by atoms with Gasteiger partial charge in [0.25, 0.3) is 0 Å². The summed E-state index contributed by atoms with van der Waals surface area (Å²) in [4.78, 5) is 15.7. The summed E-state index contributed by atoms with van der Waals surface area (Å²) in [5.74, 6) is 0.636. The van der Waals surface area contributed by atoms with Gasteiger partial charge in [-0.2, -0.15) is 18.2 Å².